The summed E-state index contributed by atoms with van der Waals surface area (Å²) in [5.41, 5.74) is 14.5. The van der Waals surface area contributed by atoms with E-state index in [9.17, 15) is 4.79 Å². The van der Waals surface area contributed by atoms with Crippen LogP contribution in [-0.2, 0) is 4.74 Å². The minimum atomic E-state index is -1.45. The Morgan fingerprint density at radius 2 is 2.00 bits per heavy atom. The van der Waals surface area contributed by atoms with Crippen LogP contribution in [0.4, 0.5) is 4.79 Å². The maximum Gasteiger partial charge on any atom is 0.407 e. The second kappa shape index (κ2) is 1.97. The Hall–Kier alpha value is -0.810. The van der Waals surface area contributed by atoms with Crippen molar-refractivity contribution in [3.05, 3.63) is 0 Å². The summed E-state index contributed by atoms with van der Waals surface area (Å²) in [6.45, 7) is 1.32. The molecular formula is C3H9N3O2. The topological polar surface area (TPSA) is 104 Å². The van der Waals surface area contributed by atoms with E-state index < -0.39 is 11.9 Å². The van der Waals surface area contributed by atoms with E-state index >= 15 is 0 Å². The molecule has 0 fully saturated rings. The van der Waals surface area contributed by atoms with Crippen LogP contribution in [0.1, 0.15) is 6.92 Å². The van der Waals surface area contributed by atoms with Crippen LogP contribution >= 0.6 is 0 Å². The summed E-state index contributed by atoms with van der Waals surface area (Å²) < 4.78 is 4.13. The Kier molecular flexibility index (Phi) is 1.77. The Balaban J connectivity index is 3.55. The molecule has 0 aromatic heterocycles. The van der Waals surface area contributed by atoms with Crippen LogP contribution in [0.2, 0.25) is 0 Å². The van der Waals surface area contributed by atoms with Gasteiger partial charge in [0.2, 0.25) is 5.85 Å². The number of ether oxygens (including phenoxy) is 1. The van der Waals surface area contributed by atoms with Crippen molar-refractivity contribution in [2.75, 3.05) is 0 Å². The second-order valence-corrected chi connectivity index (χ2v) is 1.60. The Bertz CT molecular complexity index is 95.2. The first kappa shape index (κ1) is 7.19. The molecule has 0 rings (SSSR count). The van der Waals surface area contributed by atoms with E-state index in [1.807, 2.05) is 0 Å². The summed E-state index contributed by atoms with van der Waals surface area (Å²) in [4.78, 5) is 9.85. The van der Waals surface area contributed by atoms with Gasteiger partial charge in [0.25, 0.3) is 0 Å². The van der Waals surface area contributed by atoms with Crippen molar-refractivity contribution in [1.29, 1.82) is 0 Å². The van der Waals surface area contributed by atoms with E-state index in [0.717, 1.165) is 0 Å². The fourth-order valence-electron chi connectivity index (χ4n) is 0.217. The van der Waals surface area contributed by atoms with Crippen LogP contribution in [0.15, 0.2) is 0 Å². The third kappa shape index (κ3) is 5.19. The van der Waals surface area contributed by atoms with E-state index in [4.69, 9.17) is 11.5 Å². The third-order valence-corrected chi connectivity index (χ3v) is 0.321. The van der Waals surface area contributed by atoms with Crippen molar-refractivity contribution in [2.45, 2.75) is 12.8 Å². The van der Waals surface area contributed by atoms with E-state index in [0.29, 0.717) is 0 Å². The molecule has 5 heteroatoms. The van der Waals surface area contributed by atoms with Gasteiger partial charge in [0.15, 0.2) is 0 Å². The molecule has 0 aliphatic heterocycles. The summed E-state index contributed by atoms with van der Waals surface area (Å²) in [6.07, 6.45) is -0.975. The summed E-state index contributed by atoms with van der Waals surface area (Å²) in [6, 6.07) is 0. The van der Waals surface area contributed by atoms with Gasteiger partial charge in [0.1, 0.15) is 0 Å². The zero-order chi connectivity index (χ0) is 6.78. The maximum absolute atomic E-state index is 9.85. The second-order valence-electron chi connectivity index (χ2n) is 1.60. The van der Waals surface area contributed by atoms with Crippen LogP contribution in [-0.4, -0.2) is 11.9 Å². The molecule has 5 nitrogen and oxygen atoms in total. The minimum absolute atomic E-state index is 0.975. The molecule has 0 aromatic carbocycles. The molecule has 48 valence electrons. The predicted octanol–water partition coefficient (Wildman–Crippen LogP) is -1.33. The molecule has 0 aromatic rings. The summed E-state index contributed by atoms with van der Waals surface area (Å²) in [7, 11) is 0. The molecule has 0 radical (unpaired) electrons. The summed E-state index contributed by atoms with van der Waals surface area (Å²) in [5, 5.41) is 0. The number of hydrogen-bond acceptors (Lipinski definition) is 4. The van der Waals surface area contributed by atoms with Gasteiger partial charge in [0, 0.05) is 6.92 Å². The third-order valence-electron chi connectivity index (χ3n) is 0.321. The molecule has 0 bridgehead atoms. The van der Waals surface area contributed by atoms with E-state index in [2.05, 4.69) is 10.5 Å². The number of amides is 1. The Morgan fingerprint density at radius 3 is 2.00 bits per heavy atom. The lowest BCUT2D eigenvalue weighted by Crippen LogP contribution is -2.51. The van der Waals surface area contributed by atoms with Gasteiger partial charge in [-0.3, -0.25) is 11.5 Å². The van der Waals surface area contributed by atoms with Crippen LogP contribution < -0.4 is 17.2 Å². The maximum atomic E-state index is 9.85. The number of nitrogens with two attached hydrogens (primary N) is 3. The molecule has 0 aliphatic carbocycles. The molecule has 8 heavy (non-hydrogen) atoms. The minimum Gasteiger partial charge on any atom is -0.415 e. The lowest BCUT2D eigenvalue weighted by atomic mass is 10.5. The first-order valence-electron chi connectivity index (χ1n) is 1.98. The van der Waals surface area contributed by atoms with Crippen LogP contribution in [0.25, 0.3) is 0 Å². The standard InChI is InChI=1S/C3H9N3O2/c1-3(5,6)8-2(4)7/h5-6H2,1H3,(H2,4,7). The smallest absolute Gasteiger partial charge is 0.407 e. The molecule has 0 aliphatic rings. The molecule has 0 unspecified atom stereocenters. The van der Waals surface area contributed by atoms with Gasteiger partial charge in [-0.15, -0.1) is 0 Å². The number of rotatable bonds is 1. The summed E-state index contributed by atoms with van der Waals surface area (Å²) in [5.74, 6) is -1.45. The van der Waals surface area contributed by atoms with Crippen molar-refractivity contribution in [1.82, 2.24) is 0 Å². The van der Waals surface area contributed by atoms with Crippen LogP contribution in [0.3, 0.4) is 0 Å². The zero-order valence-electron chi connectivity index (χ0n) is 4.55. The first-order valence-corrected chi connectivity index (χ1v) is 1.98. The van der Waals surface area contributed by atoms with Crippen molar-refractivity contribution >= 4 is 6.09 Å². The number of carbonyl (C=O) groups is 1. The molecule has 0 heterocycles. The first-order chi connectivity index (χ1) is 3.42. The van der Waals surface area contributed by atoms with Crippen molar-refractivity contribution in [3.8, 4) is 0 Å². The Morgan fingerprint density at radius 1 is 1.62 bits per heavy atom. The normalized spacial score (nSPS) is 10.9. The molecule has 1 amide bonds. The van der Waals surface area contributed by atoms with Gasteiger partial charge in [-0.2, -0.15) is 0 Å². The highest BCUT2D eigenvalue weighted by molar-refractivity contribution is 5.64. The molecule has 0 atom stereocenters. The van der Waals surface area contributed by atoms with Crippen LogP contribution in [0, 0.1) is 0 Å². The molecular weight excluding hydrogens is 110 g/mol. The van der Waals surface area contributed by atoms with Gasteiger partial charge in [0.05, 0.1) is 0 Å². The quantitative estimate of drug-likeness (QED) is 0.372. The van der Waals surface area contributed by atoms with Gasteiger partial charge < -0.3 is 10.5 Å². The molecule has 0 spiro atoms. The molecule has 0 saturated heterocycles. The highest BCUT2D eigenvalue weighted by Gasteiger charge is 2.13. The fourth-order valence-corrected chi connectivity index (χ4v) is 0.217. The fraction of sp³-hybridized carbons (Fsp3) is 0.667. The lowest BCUT2D eigenvalue weighted by Gasteiger charge is -2.16. The Labute approximate surface area is 46.8 Å². The van der Waals surface area contributed by atoms with Gasteiger partial charge in [-0.05, 0) is 0 Å². The van der Waals surface area contributed by atoms with Crippen molar-refractivity contribution < 1.29 is 9.53 Å². The van der Waals surface area contributed by atoms with Gasteiger partial charge in [-0.1, -0.05) is 0 Å². The number of hydrogen-bond donors (Lipinski definition) is 3. The number of primary amides is 1. The molecule has 6 N–H and O–H groups in total. The highest BCUT2D eigenvalue weighted by atomic mass is 16.6. The highest BCUT2D eigenvalue weighted by Crippen LogP contribution is 1.87. The van der Waals surface area contributed by atoms with E-state index in [1.165, 1.54) is 6.92 Å². The van der Waals surface area contributed by atoms with E-state index in [1.54, 1.807) is 0 Å². The zero-order valence-corrected chi connectivity index (χ0v) is 4.55. The SMILES string of the molecule is CC(N)(N)OC(N)=O. The monoisotopic (exact) mass is 119 g/mol. The average Bonchev–Trinajstić information content (AvgIpc) is 1.21. The average molecular weight is 119 g/mol. The summed E-state index contributed by atoms with van der Waals surface area (Å²) >= 11 is 0. The lowest BCUT2D eigenvalue weighted by molar-refractivity contribution is 0.0413. The van der Waals surface area contributed by atoms with Crippen LogP contribution in [0.5, 0.6) is 0 Å². The van der Waals surface area contributed by atoms with E-state index in [-0.39, 0.29) is 0 Å². The predicted molar refractivity (Wildman–Crippen MR) is 27.4 cm³/mol. The van der Waals surface area contributed by atoms with Crippen molar-refractivity contribution in [2.24, 2.45) is 17.2 Å². The van der Waals surface area contributed by atoms with Gasteiger partial charge in [-0.25, -0.2) is 4.79 Å². The number of carbonyl (C=O) groups excluding carboxylic acids is 1. The molecule has 0 saturated carbocycles. The van der Waals surface area contributed by atoms with Gasteiger partial charge >= 0.3 is 6.09 Å². The van der Waals surface area contributed by atoms with Crippen molar-refractivity contribution in [3.63, 3.8) is 0 Å². The largest absolute Gasteiger partial charge is 0.415 e.